The summed E-state index contributed by atoms with van der Waals surface area (Å²) in [7, 11) is 0. The van der Waals surface area contributed by atoms with E-state index in [0.29, 0.717) is 10.7 Å². The molecule has 0 radical (unpaired) electrons. The molecule has 1 aromatic carbocycles. The van der Waals surface area contributed by atoms with Crippen LogP contribution in [-0.2, 0) is 0 Å². The molecule has 0 saturated heterocycles. The average Bonchev–Trinajstić information content (AvgIpc) is 2.33. The second kappa shape index (κ2) is 5.65. The average molecular weight is 343 g/mol. The molecule has 0 bridgehead atoms. The standard InChI is InChI=1S/C12H9BrClN3S/c13-8-6-7(14)3-4-9(8)17-10-2-1-5-16-11(10)12(15)18/h1-6,17H,(H2,15,18). The molecule has 0 amide bonds. The van der Waals surface area contributed by atoms with E-state index in [-0.39, 0.29) is 4.99 Å². The molecule has 3 N–H and O–H groups in total. The van der Waals surface area contributed by atoms with Gasteiger partial charge in [-0.2, -0.15) is 0 Å². The Morgan fingerprint density at radius 1 is 1.33 bits per heavy atom. The molecule has 0 aliphatic carbocycles. The van der Waals surface area contributed by atoms with Crippen LogP contribution in [0.3, 0.4) is 0 Å². The first-order valence-corrected chi connectivity index (χ1v) is 6.63. The highest BCUT2D eigenvalue weighted by molar-refractivity contribution is 9.10. The topological polar surface area (TPSA) is 50.9 Å². The van der Waals surface area contributed by atoms with Crippen LogP contribution in [0.2, 0.25) is 5.02 Å². The van der Waals surface area contributed by atoms with E-state index in [0.717, 1.165) is 15.8 Å². The minimum Gasteiger partial charge on any atom is -0.388 e. The van der Waals surface area contributed by atoms with Gasteiger partial charge in [0.2, 0.25) is 0 Å². The smallest absolute Gasteiger partial charge is 0.124 e. The minimum atomic E-state index is 0.253. The second-order valence-corrected chi connectivity index (χ2v) is 5.24. The van der Waals surface area contributed by atoms with Gasteiger partial charge < -0.3 is 11.1 Å². The maximum absolute atomic E-state index is 5.89. The summed E-state index contributed by atoms with van der Waals surface area (Å²) in [6.07, 6.45) is 1.65. The quantitative estimate of drug-likeness (QED) is 0.831. The summed E-state index contributed by atoms with van der Waals surface area (Å²) in [4.78, 5) is 4.40. The zero-order valence-electron chi connectivity index (χ0n) is 9.15. The van der Waals surface area contributed by atoms with Crippen molar-refractivity contribution in [2.24, 2.45) is 5.73 Å². The highest BCUT2D eigenvalue weighted by atomic mass is 79.9. The van der Waals surface area contributed by atoms with Gasteiger partial charge in [0, 0.05) is 15.7 Å². The Balaban J connectivity index is 2.37. The van der Waals surface area contributed by atoms with Gasteiger partial charge in [-0.05, 0) is 46.3 Å². The predicted molar refractivity (Wildman–Crippen MR) is 82.6 cm³/mol. The van der Waals surface area contributed by atoms with Gasteiger partial charge in [-0.15, -0.1) is 0 Å². The first-order valence-electron chi connectivity index (χ1n) is 5.05. The lowest BCUT2D eigenvalue weighted by Gasteiger charge is -2.11. The van der Waals surface area contributed by atoms with E-state index >= 15 is 0 Å². The molecule has 0 spiro atoms. The Labute approximate surface area is 123 Å². The van der Waals surface area contributed by atoms with Crippen LogP contribution in [0.5, 0.6) is 0 Å². The molecule has 3 nitrogen and oxygen atoms in total. The zero-order valence-corrected chi connectivity index (χ0v) is 12.3. The van der Waals surface area contributed by atoms with Gasteiger partial charge in [-0.25, -0.2) is 0 Å². The largest absolute Gasteiger partial charge is 0.388 e. The van der Waals surface area contributed by atoms with Gasteiger partial charge in [0.1, 0.15) is 10.7 Å². The fraction of sp³-hybridized carbons (Fsp3) is 0. The van der Waals surface area contributed by atoms with E-state index in [9.17, 15) is 0 Å². The Morgan fingerprint density at radius 3 is 2.78 bits per heavy atom. The summed E-state index contributed by atoms with van der Waals surface area (Å²) in [5.41, 5.74) is 7.81. The number of hydrogen-bond donors (Lipinski definition) is 2. The molecule has 6 heteroatoms. The van der Waals surface area contributed by atoms with E-state index in [4.69, 9.17) is 29.6 Å². The zero-order chi connectivity index (χ0) is 13.1. The Morgan fingerprint density at radius 2 is 2.11 bits per heavy atom. The van der Waals surface area contributed by atoms with Crippen LogP contribution in [0.1, 0.15) is 5.69 Å². The van der Waals surface area contributed by atoms with Crippen LogP contribution < -0.4 is 11.1 Å². The molecule has 92 valence electrons. The normalized spacial score (nSPS) is 10.1. The molecule has 0 atom stereocenters. The molecule has 0 fully saturated rings. The second-order valence-electron chi connectivity index (χ2n) is 3.51. The van der Waals surface area contributed by atoms with Crippen LogP contribution in [0.25, 0.3) is 0 Å². The third kappa shape index (κ3) is 2.98. The van der Waals surface area contributed by atoms with Crippen molar-refractivity contribution in [2.45, 2.75) is 0 Å². The number of nitrogens with one attached hydrogen (secondary N) is 1. The lowest BCUT2D eigenvalue weighted by Crippen LogP contribution is -2.13. The van der Waals surface area contributed by atoms with Gasteiger partial charge in [-0.3, -0.25) is 4.98 Å². The van der Waals surface area contributed by atoms with Crippen molar-refractivity contribution >= 4 is 56.1 Å². The van der Waals surface area contributed by atoms with Gasteiger partial charge in [0.25, 0.3) is 0 Å². The van der Waals surface area contributed by atoms with Gasteiger partial charge in [0.15, 0.2) is 0 Å². The Bertz CT molecular complexity index is 604. The van der Waals surface area contributed by atoms with Gasteiger partial charge in [-0.1, -0.05) is 23.8 Å². The summed E-state index contributed by atoms with van der Waals surface area (Å²) in [6, 6.07) is 9.14. The first-order chi connectivity index (χ1) is 8.58. The molecular weight excluding hydrogens is 334 g/mol. The number of halogens is 2. The molecule has 0 aliphatic heterocycles. The molecule has 0 saturated carbocycles. The van der Waals surface area contributed by atoms with Crippen molar-refractivity contribution in [3.05, 3.63) is 51.7 Å². The lowest BCUT2D eigenvalue weighted by molar-refractivity contribution is 1.28. The Kier molecular flexibility index (Phi) is 4.16. The van der Waals surface area contributed by atoms with E-state index in [2.05, 4.69) is 26.2 Å². The number of anilines is 2. The van der Waals surface area contributed by atoms with Gasteiger partial charge in [0.05, 0.1) is 11.4 Å². The first kappa shape index (κ1) is 13.3. The minimum absolute atomic E-state index is 0.253. The van der Waals surface area contributed by atoms with Crippen LogP contribution in [0.4, 0.5) is 11.4 Å². The summed E-state index contributed by atoms with van der Waals surface area (Å²) in [6.45, 7) is 0. The molecule has 1 aromatic heterocycles. The number of benzene rings is 1. The van der Waals surface area contributed by atoms with Crippen molar-refractivity contribution in [1.29, 1.82) is 0 Å². The SMILES string of the molecule is NC(=S)c1ncccc1Nc1ccc(Cl)cc1Br. The monoisotopic (exact) mass is 341 g/mol. The predicted octanol–water partition coefficient (Wildman–Crippen LogP) is 3.88. The summed E-state index contributed by atoms with van der Waals surface area (Å²) in [5, 5.41) is 3.87. The van der Waals surface area contributed by atoms with Crippen LogP contribution in [0, 0.1) is 0 Å². The summed E-state index contributed by atoms with van der Waals surface area (Å²) >= 11 is 14.3. The van der Waals surface area contributed by atoms with E-state index in [1.807, 2.05) is 18.2 Å². The lowest BCUT2D eigenvalue weighted by atomic mass is 10.2. The molecule has 0 aliphatic rings. The van der Waals surface area contributed by atoms with Crippen LogP contribution >= 0.6 is 39.7 Å². The number of rotatable bonds is 3. The highest BCUT2D eigenvalue weighted by Gasteiger charge is 2.08. The van der Waals surface area contributed by atoms with Crippen molar-refractivity contribution in [1.82, 2.24) is 4.98 Å². The summed E-state index contributed by atoms with van der Waals surface area (Å²) in [5.74, 6) is 0. The molecule has 2 aromatic rings. The van der Waals surface area contributed by atoms with Crippen molar-refractivity contribution in [3.63, 3.8) is 0 Å². The number of pyridine rings is 1. The van der Waals surface area contributed by atoms with Crippen molar-refractivity contribution in [2.75, 3.05) is 5.32 Å². The number of thiocarbonyl (C=S) groups is 1. The molecular formula is C12H9BrClN3S. The highest BCUT2D eigenvalue weighted by Crippen LogP contribution is 2.29. The fourth-order valence-electron chi connectivity index (χ4n) is 1.44. The van der Waals surface area contributed by atoms with E-state index < -0.39 is 0 Å². The van der Waals surface area contributed by atoms with E-state index in [1.165, 1.54) is 0 Å². The van der Waals surface area contributed by atoms with Crippen LogP contribution in [0.15, 0.2) is 41.0 Å². The third-order valence-corrected chi connectivity index (χ3v) is 3.33. The van der Waals surface area contributed by atoms with Crippen molar-refractivity contribution in [3.8, 4) is 0 Å². The molecule has 1 heterocycles. The molecule has 0 unspecified atom stereocenters. The van der Waals surface area contributed by atoms with Crippen molar-refractivity contribution < 1.29 is 0 Å². The number of hydrogen-bond acceptors (Lipinski definition) is 3. The third-order valence-electron chi connectivity index (χ3n) is 2.24. The number of nitrogens with two attached hydrogens (primary N) is 1. The van der Waals surface area contributed by atoms with E-state index in [1.54, 1.807) is 18.3 Å². The number of aromatic nitrogens is 1. The maximum Gasteiger partial charge on any atom is 0.124 e. The fourth-order valence-corrected chi connectivity index (χ4v) is 2.38. The number of nitrogens with zero attached hydrogens (tertiary/aromatic N) is 1. The Hall–Kier alpha value is -1.17. The van der Waals surface area contributed by atoms with Crippen LogP contribution in [-0.4, -0.2) is 9.97 Å². The summed E-state index contributed by atoms with van der Waals surface area (Å²) < 4.78 is 0.854. The molecule has 2 rings (SSSR count). The van der Waals surface area contributed by atoms with Gasteiger partial charge >= 0.3 is 0 Å². The molecule has 18 heavy (non-hydrogen) atoms. The maximum atomic E-state index is 5.89.